The van der Waals surface area contributed by atoms with Gasteiger partial charge in [0.1, 0.15) is 9.77 Å². The number of aryl methyl sites for hydroxylation is 1. The molecule has 1 saturated heterocycles. The molecule has 120 valence electrons. The zero-order chi connectivity index (χ0) is 14.9. The van der Waals surface area contributed by atoms with Crippen LogP contribution < -0.4 is 5.32 Å². The molecule has 0 unspecified atom stereocenters. The maximum Gasteiger partial charge on any atom is 0.349 e. The van der Waals surface area contributed by atoms with Gasteiger partial charge in [0.2, 0.25) is 10.0 Å². The first kappa shape index (κ1) is 18.4. The summed E-state index contributed by atoms with van der Waals surface area (Å²) in [5.74, 6) is -0.607. The number of rotatable bonds is 3. The summed E-state index contributed by atoms with van der Waals surface area (Å²) in [5.41, 5.74) is 0.584. The Kier molecular flexibility index (Phi) is 6.18. The monoisotopic (exact) mass is 354 g/mol. The number of hydrogen-bond acceptors (Lipinski definition) is 6. The minimum absolute atomic E-state index is 0. The smallest absolute Gasteiger partial charge is 0.349 e. The number of esters is 1. The lowest BCUT2D eigenvalue weighted by molar-refractivity contribution is 0.0602. The van der Waals surface area contributed by atoms with Crippen LogP contribution in [-0.4, -0.2) is 51.5 Å². The summed E-state index contributed by atoms with van der Waals surface area (Å²) in [5, 5.41) is 4.82. The van der Waals surface area contributed by atoms with E-state index in [1.807, 2.05) is 6.92 Å². The van der Waals surface area contributed by atoms with Crippen molar-refractivity contribution < 1.29 is 17.9 Å². The lowest BCUT2D eigenvalue weighted by Crippen LogP contribution is -2.52. The highest BCUT2D eigenvalue weighted by atomic mass is 35.5. The number of halogens is 1. The summed E-state index contributed by atoms with van der Waals surface area (Å²) in [6, 6.07) is -0.140. The molecule has 1 N–H and O–H groups in total. The lowest BCUT2D eigenvalue weighted by Gasteiger charge is -2.33. The van der Waals surface area contributed by atoms with Gasteiger partial charge in [-0.25, -0.2) is 13.2 Å². The van der Waals surface area contributed by atoms with Gasteiger partial charge in [0, 0.05) is 25.7 Å². The van der Waals surface area contributed by atoms with E-state index in [9.17, 15) is 13.2 Å². The van der Waals surface area contributed by atoms with Crippen LogP contribution in [-0.2, 0) is 14.8 Å². The molecule has 2 rings (SSSR count). The van der Waals surface area contributed by atoms with E-state index in [2.05, 4.69) is 10.1 Å². The third kappa shape index (κ3) is 3.40. The Morgan fingerprint density at radius 1 is 1.52 bits per heavy atom. The minimum Gasteiger partial charge on any atom is -0.465 e. The number of ether oxygens (including phenoxy) is 1. The van der Waals surface area contributed by atoms with E-state index in [1.54, 1.807) is 12.3 Å². The van der Waals surface area contributed by atoms with Crippen molar-refractivity contribution in [1.29, 1.82) is 0 Å². The molecule has 6 nitrogen and oxygen atoms in total. The van der Waals surface area contributed by atoms with Crippen LogP contribution in [0.5, 0.6) is 0 Å². The highest BCUT2D eigenvalue weighted by Gasteiger charge is 2.36. The van der Waals surface area contributed by atoms with Crippen LogP contribution in [0.15, 0.2) is 10.3 Å². The molecule has 0 radical (unpaired) electrons. The first-order chi connectivity index (χ1) is 9.39. The van der Waals surface area contributed by atoms with E-state index in [0.29, 0.717) is 25.2 Å². The Morgan fingerprint density at radius 3 is 2.76 bits per heavy atom. The van der Waals surface area contributed by atoms with Gasteiger partial charge in [-0.2, -0.15) is 4.31 Å². The van der Waals surface area contributed by atoms with Gasteiger partial charge in [-0.3, -0.25) is 0 Å². The van der Waals surface area contributed by atoms with Gasteiger partial charge < -0.3 is 10.1 Å². The lowest BCUT2D eigenvalue weighted by atomic mass is 10.3. The normalized spacial score (nSPS) is 19.9. The van der Waals surface area contributed by atoms with Crippen LogP contribution in [0.1, 0.15) is 22.2 Å². The number of carbonyl (C=O) groups is 1. The van der Waals surface area contributed by atoms with Crippen molar-refractivity contribution in [2.24, 2.45) is 0 Å². The van der Waals surface area contributed by atoms with Gasteiger partial charge in [-0.1, -0.05) is 0 Å². The van der Waals surface area contributed by atoms with Gasteiger partial charge >= 0.3 is 5.97 Å². The second kappa shape index (κ2) is 7.06. The molecule has 1 fully saturated rings. The van der Waals surface area contributed by atoms with Gasteiger partial charge in [0.05, 0.1) is 7.11 Å². The number of nitrogens with one attached hydrogen (secondary N) is 1. The maximum atomic E-state index is 12.8. The molecule has 0 amide bonds. The average Bonchev–Trinajstić information content (AvgIpc) is 2.80. The Morgan fingerprint density at radius 2 is 2.19 bits per heavy atom. The fraction of sp³-hybridized carbons (Fsp3) is 0.583. The van der Waals surface area contributed by atoms with Crippen molar-refractivity contribution in [3.05, 3.63) is 15.8 Å². The Hall–Kier alpha value is -0.670. The zero-order valence-electron chi connectivity index (χ0n) is 12.1. The van der Waals surface area contributed by atoms with Crippen LogP contribution in [0.4, 0.5) is 0 Å². The quantitative estimate of drug-likeness (QED) is 0.827. The Bertz CT molecular complexity index is 615. The van der Waals surface area contributed by atoms with Gasteiger partial charge in [0.15, 0.2) is 0 Å². The average molecular weight is 355 g/mol. The fourth-order valence-corrected chi connectivity index (χ4v) is 5.58. The van der Waals surface area contributed by atoms with Crippen LogP contribution in [0, 0.1) is 6.92 Å². The van der Waals surface area contributed by atoms with Crippen molar-refractivity contribution >= 4 is 39.7 Å². The van der Waals surface area contributed by atoms with Crippen molar-refractivity contribution in [3.8, 4) is 0 Å². The highest BCUT2D eigenvalue weighted by Crippen LogP contribution is 2.31. The zero-order valence-corrected chi connectivity index (χ0v) is 14.5. The Labute approximate surface area is 134 Å². The number of nitrogens with zero attached hydrogens (tertiary/aromatic N) is 1. The third-order valence-electron chi connectivity index (χ3n) is 3.30. The number of hydrogen-bond donors (Lipinski definition) is 1. The van der Waals surface area contributed by atoms with E-state index in [4.69, 9.17) is 0 Å². The molecule has 1 aliphatic heterocycles. The van der Waals surface area contributed by atoms with Gasteiger partial charge in [-0.15, -0.1) is 23.7 Å². The van der Waals surface area contributed by atoms with Gasteiger partial charge in [0.25, 0.3) is 0 Å². The van der Waals surface area contributed by atoms with E-state index < -0.39 is 16.0 Å². The molecular formula is C12H19ClN2O4S2. The minimum atomic E-state index is -3.68. The summed E-state index contributed by atoms with van der Waals surface area (Å²) in [6.45, 7) is 5.17. The number of piperazine rings is 1. The topological polar surface area (TPSA) is 75.7 Å². The van der Waals surface area contributed by atoms with E-state index in [1.165, 1.54) is 11.4 Å². The fourth-order valence-electron chi connectivity index (χ4n) is 2.28. The summed E-state index contributed by atoms with van der Waals surface area (Å²) in [4.78, 5) is 12.0. The van der Waals surface area contributed by atoms with E-state index >= 15 is 0 Å². The molecule has 1 aromatic rings. The summed E-state index contributed by atoms with van der Waals surface area (Å²) >= 11 is 1.10. The summed E-state index contributed by atoms with van der Waals surface area (Å²) in [7, 11) is -2.43. The highest BCUT2D eigenvalue weighted by molar-refractivity contribution is 7.89. The molecule has 21 heavy (non-hydrogen) atoms. The van der Waals surface area contributed by atoms with E-state index in [0.717, 1.165) is 11.3 Å². The molecular weight excluding hydrogens is 336 g/mol. The molecule has 2 heterocycles. The molecule has 0 aliphatic carbocycles. The predicted molar refractivity (Wildman–Crippen MR) is 83.9 cm³/mol. The SMILES string of the molecule is COC(=O)c1scc(C)c1S(=O)(=O)N1CCNC[C@@H]1C.Cl. The van der Waals surface area contributed by atoms with Crippen molar-refractivity contribution in [2.45, 2.75) is 24.8 Å². The van der Waals surface area contributed by atoms with Crippen LogP contribution in [0.25, 0.3) is 0 Å². The largest absolute Gasteiger partial charge is 0.465 e. The maximum absolute atomic E-state index is 12.8. The molecule has 0 spiro atoms. The molecule has 0 aromatic carbocycles. The summed E-state index contributed by atoms with van der Waals surface area (Å²) in [6.07, 6.45) is 0. The second-order valence-electron chi connectivity index (χ2n) is 4.74. The standard InChI is InChI=1S/C12H18N2O4S2.ClH/c1-8-7-19-10(12(15)18-3)11(8)20(16,17)14-5-4-13-6-9(14)2;/h7,9,13H,4-6H2,1-3H3;1H/t9-;/m0./s1. The number of carbonyl (C=O) groups excluding carboxylic acids is 1. The van der Waals surface area contributed by atoms with E-state index in [-0.39, 0.29) is 28.2 Å². The van der Waals surface area contributed by atoms with Crippen molar-refractivity contribution in [2.75, 3.05) is 26.7 Å². The molecule has 1 atom stereocenters. The molecule has 0 bridgehead atoms. The predicted octanol–water partition coefficient (Wildman–Crippen LogP) is 1.25. The summed E-state index contributed by atoms with van der Waals surface area (Å²) < 4.78 is 31.8. The third-order valence-corrected chi connectivity index (χ3v) is 6.70. The number of sulfonamides is 1. The molecule has 1 aliphatic rings. The number of methoxy groups -OCH3 is 1. The van der Waals surface area contributed by atoms with Crippen LogP contribution >= 0.6 is 23.7 Å². The van der Waals surface area contributed by atoms with Gasteiger partial charge in [-0.05, 0) is 24.8 Å². The second-order valence-corrected chi connectivity index (χ2v) is 7.44. The molecule has 0 saturated carbocycles. The van der Waals surface area contributed by atoms with Crippen molar-refractivity contribution in [3.63, 3.8) is 0 Å². The number of thiophene rings is 1. The molecule has 1 aromatic heterocycles. The molecule has 9 heteroatoms. The first-order valence-electron chi connectivity index (χ1n) is 6.28. The first-order valence-corrected chi connectivity index (χ1v) is 8.60. The van der Waals surface area contributed by atoms with Crippen molar-refractivity contribution in [1.82, 2.24) is 9.62 Å². The van der Waals surface area contributed by atoms with Crippen LogP contribution in [0.3, 0.4) is 0 Å². The Balaban J connectivity index is 0.00000220. The van der Waals surface area contributed by atoms with Crippen LogP contribution in [0.2, 0.25) is 0 Å².